The molecule has 2 saturated heterocycles. The third-order valence-corrected chi connectivity index (χ3v) is 9.24. The number of benzene rings is 3. The number of hydrogen-bond donors (Lipinski definition) is 2. The predicted molar refractivity (Wildman–Crippen MR) is 174 cm³/mol. The summed E-state index contributed by atoms with van der Waals surface area (Å²) in [5.41, 5.74) is 0.467. The molecule has 2 N–H and O–H groups in total. The molecule has 3 aromatic rings. The highest BCUT2D eigenvalue weighted by molar-refractivity contribution is 5.94. The summed E-state index contributed by atoms with van der Waals surface area (Å²) in [6.45, 7) is 6.27. The SMILES string of the molecule is CCC(CC)CC1(O)CCN(C(=O)Cc2cc(Oc3ccc(F)cc3)cc(Oc3ccc(C(=O)N4CCCC(O)C4)cc3)c2)CC1. The van der Waals surface area contributed by atoms with Crippen molar-refractivity contribution in [3.63, 3.8) is 0 Å². The van der Waals surface area contributed by atoms with E-state index in [-0.39, 0.29) is 24.1 Å². The minimum atomic E-state index is -0.730. The molecule has 9 heteroatoms. The van der Waals surface area contributed by atoms with Crippen molar-refractivity contribution in [2.75, 3.05) is 26.2 Å². The fourth-order valence-corrected chi connectivity index (χ4v) is 6.39. The smallest absolute Gasteiger partial charge is 0.253 e. The van der Waals surface area contributed by atoms with E-state index in [4.69, 9.17) is 9.47 Å². The zero-order valence-electron chi connectivity index (χ0n) is 26.8. The van der Waals surface area contributed by atoms with Gasteiger partial charge in [-0.1, -0.05) is 26.7 Å². The van der Waals surface area contributed by atoms with Crippen LogP contribution in [0.3, 0.4) is 0 Å². The number of piperidine rings is 2. The molecule has 3 aromatic carbocycles. The first-order valence-corrected chi connectivity index (χ1v) is 16.5. The lowest BCUT2D eigenvalue weighted by Crippen LogP contribution is -2.47. The van der Waals surface area contributed by atoms with Crippen LogP contribution in [-0.2, 0) is 11.2 Å². The molecular weight excluding hydrogens is 587 g/mol. The van der Waals surface area contributed by atoms with Crippen LogP contribution in [0.5, 0.6) is 23.0 Å². The molecule has 5 rings (SSSR count). The van der Waals surface area contributed by atoms with Gasteiger partial charge in [-0.25, -0.2) is 4.39 Å². The summed E-state index contributed by atoms with van der Waals surface area (Å²) in [7, 11) is 0. The molecule has 0 radical (unpaired) electrons. The number of halogens is 1. The van der Waals surface area contributed by atoms with Crippen LogP contribution in [0.15, 0.2) is 66.7 Å². The third-order valence-electron chi connectivity index (χ3n) is 9.24. The second-order valence-corrected chi connectivity index (χ2v) is 12.7. The Morgan fingerprint density at radius 2 is 1.46 bits per heavy atom. The van der Waals surface area contributed by atoms with Gasteiger partial charge in [0.05, 0.1) is 18.1 Å². The minimum absolute atomic E-state index is 0.0415. The first-order valence-electron chi connectivity index (χ1n) is 16.5. The summed E-state index contributed by atoms with van der Waals surface area (Å²) in [5, 5.41) is 21.1. The van der Waals surface area contributed by atoms with E-state index in [1.807, 2.05) is 4.90 Å². The average molecular weight is 633 g/mol. The number of carbonyl (C=O) groups is 2. The number of aliphatic hydroxyl groups excluding tert-OH is 1. The van der Waals surface area contributed by atoms with Gasteiger partial charge < -0.3 is 29.5 Å². The van der Waals surface area contributed by atoms with E-state index < -0.39 is 11.7 Å². The summed E-state index contributed by atoms with van der Waals surface area (Å²) >= 11 is 0. The van der Waals surface area contributed by atoms with Gasteiger partial charge in [-0.05, 0) is 104 Å². The topological polar surface area (TPSA) is 99.5 Å². The van der Waals surface area contributed by atoms with Crippen LogP contribution in [0.4, 0.5) is 4.39 Å². The maximum Gasteiger partial charge on any atom is 0.253 e. The summed E-state index contributed by atoms with van der Waals surface area (Å²) in [6.07, 6.45) is 5.06. The van der Waals surface area contributed by atoms with Crippen LogP contribution < -0.4 is 9.47 Å². The van der Waals surface area contributed by atoms with Gasteiger partial charge in [-0.2, -0.15) is 0 Å². The fraction of sp³-hybridized carbons (Fsp3) is 0.459. The molecular formula is C37H45FN2O6. The van der Waals surface area contributed by atoms with Crippen LogP contribution in [0, 0.1) is 11.7 Å². The zero-order chi connectivity index (χ0) is 32.7. The van der Waals surface area contributed by atoms with E-state index in [0.717, 1.165) is 25.7 Å². The molecule has 2 aliphatic rings. The Balaban J connectivity index is 1.29. The molecule has 1 unspecified atom stereocenters. The lowest BCUT2D eigenvalue weighted by atomic mass is 9.81. The Kier molecular flexibility index (Phi) is 11.0. The Morgan fingerprint density at radius 3 is 2.02 bits per heavy atom. The highest BCUT2D eigenvalue weighted by Crippen LogP contribution is 2.34. The van der Waals surface area contributed by atoms with Crippen molar-refractivity contribution >= 4 is 11.8 Å². The first kappa shape index (κ1) is 33.4. The quantitative estimate of drug-likeness (QED) is 0.243. The van der Waals surface area contributed by atoms with E-state index in [9.17, 15) is 24.2 Å². The van der Waals surface area contributed by atoms with E-state index in [1.165, 1.54) is 24.3 Å². The molecule has 0 saturated carbocycles. The van der Waals surface area contributed by atoms with Crippen molar-refractivity contribution in [2.24, 2.45) is 5.92 Å². The largest absolute Gasteiger partial charge is 0.457 e. The standard InChI is InChI=1S/C37H45FN2O6/c1-3-26(4-2)24-37(44)15-18-39(19-16-37)35(42)22-27-20-33(23-34(21-27)46-32-13-9-29(38)10-14-32)45-31-11-7-28(8-12-31)36(43)40-17-5-6-30(41)25-40/h7-14,20-21,23,26,30,41,44H,3-6,15-19,22,24-25H2,1-2H3. The van der Waals surface area contributed by atoms with Gasteiger partial charge >= 0.3 is 0 Å². The Morgan fingerprint density at radius 1 is 0.870 bits per heavy atom. The number of β-amino-alcohol motifs (C(OH)–C–C–N with tert-alkyl or cyclic N) is 1. The Hall–Kier alpha value is -3.95. The summed E-state index contributed by atoms with van der Waals surface area (Å²) in [4.78, 5) is 29.8. The van der Waals surface area contributed by atoms with Crippen LogP contribution in [0.25, 0.3) is 0 Å². The molecule has 0 aromatic heterocycles. The maximum atomic E-state index is 13.5. The van der Waals surface area contributed by atoms with E-state index >= 15 is 0 Å². The van der Waals surface area contributed by atoms with Gasteiger partial charge in [0.2, 0.25) is 5.91 Å². The Bertz CT molecular complexity index is 1470. The van der Waals surface area contributed by atoms with Crippen molar-refractivity contribution in [1.29, 1.82) is 0 Å². The van der Waals surface area contributed by atoms with E-state index in [0.29, 0.717) is 85.5 Å². The number of nitrogens with zero attached hydrogens (tertiary/aromatic N) is 2. The number of rotatable bonds is 11. The lowest BCUT2D eigenvalue weighted by molar-refractivity contribution is -0.135. The molecule has 8 nitrogen and oxygen atoms in total. The van der Waals surface area contributed by atoms with Crippen molar-refractivity contribution in [1.82, 2.24) is 9.80 Å². The van der Waals surface area contributed by atoms with Gasteiger partial charge in [-0.3, -0.25) is 9.59 Å². The van der Waals surface area contributed by atoms with Gasteiger partial charge in [0.1, 0.15) is 28.8 Å². The number of carbonyl (C=O) groups excluding carboxylic acids is 2. The van der Waals surface area contributed by atoms with Crippen LogP contribution >= 0.6 is 0 Å². The van der Waals surface area contributed by atoms with Crippen LogP contribution in [-0.4, -0.2) is 69.7 Å². The van der Waals surface area contributed by atoms with Crippen molar-refractivity contribution < 1.29 is 33.7 Å². The first-order chi connectivity index (χ1) is 22.1. The molecule has 246 valence electrons. The number of aliphatic hydroxyl groups is 2. The lowest BCUT2D eigenvalue weighted by Gasteiger charge is -2.40. The van der Waals surface area contributed by atoms with Gasteiger partial charge in [0.25, 0.3) is 5.91 Å². The molecule has 2 fully saturated rings. The maximum absolute atomic E-state index is 13.5. The van der Waals surface area contributed by atoms with Gasteiger partial charge in [0, 0.05) is 37.8 Å². The molecule has 2 amide bonds. The third kappa shape index (κ3) is 8.85. The van der Waals surface area contributed by atoms with Crippen molar-refractivity contribution in [3.05, 3.63) is 83.7 Å². The minimum Gasteiger partial charge on any atom is -0.457 e. The molecule has 0 aliphatic carbocycles. The van der Waals surface area contributed by atoms with E-state index in [1.54, 1.807) is 47.4 Å². The zero-order valence-corrected chi connectivity index (χ0v) is 26.8. The van der Waals surface area contributed by atoms with Crippen molar-refractivity contribution in [3.8, 4) is 23.0 Å². The van der Waals surface area contributed by atoms with Crippen LogP contribution in [0.2, 0.25) is 0 Å². The number of likely N-dealkylation sites (tertiary alicyclic amines) is 2. The Labute approximate surface area is 270 Å². The molecule has 2 aliphatic heterocycles. The predicted octanol–water partition coefficient (Wildman–Crippen LogP) is 6.73. The van der Waals surface area contributed by atoms with Crippen LogP contribution in [0.1, 0.15) is 74.7 Å². The van der Waals surface area contributed by atoms with Gasteiger partial charge in [-0.15, -0.1) is 0 Å². The molecule has 2 heterocycles. The number of ether oxygens (including phenoxy) is 2. The molecule has 0 spiro atoms. The second-order valence-electron chi connectivity index (χ2n) is 12.7. The van der Waals surface area contributed by atoms with Crippen molar-refractivity contribution in [2.45, 2.75) is 76.9 Å². The van der Waals surface area contributed by atoms with E-state index in [2.05, 4.69) is 13.8 Å². The summed E-state index contributed by atoms with van der Waals surface area (Å²) in [5.74, 6) is 1.75. The number of amides is 2. The highest BCUT2D eigenvalue weighted by Gasteiger charge is 2.35. The normalized spacial score (nSPS) is 18.0. The summed E-state index contributed by atoms with van der Waals surface area (Å²) in [6, 6.07) is 17.8. The summed E-state index contributed by atoms with van der Waals surface area (Å²) < 4.78 is 25.7. The highest BCUT2D eigenvalue weighted by atomic mass is 19.1. The fourth-order valence-electron chi connectivity index (χ4n) is 6.39. The average Bonchev–Trinajstić information content (AvgIpc) is 3.05. The number of hydrogen-bond acceptors (Lipinski definition) is 6. The van der Waals surface area contributed by atoms with Gasteiger partial charge in [0.15, 0.2) is 0 Å². The molecule has 0 bridgehead atoms. The monoisotopic (exact) mass is 632 g/mol. The second kappa shape index (κ2) is 15.1. The molecule has 1 atom stereocenters. The molecule has 46 heavy (non-hydrogen) atoms.